The van der Waals surface area contributed by atoms with Gasteiger partial charge < -0.3 is 9.67 Å². The van der Waals surface area contributed by atoms with Crippen molar-refractivity contribution in [3.05, 3.63) is 88.5 Å². The van der Waals surface area contributed by atoms with Crippen molar-refractivity contribution >= 4 is 0 Å². The van der Waals surface area contributed by atoms with E-state index in [1.165, 1.54) is 0 Å². The quantitative estimate of drug-likeness (QED) is 0.766. The van der Waals surface area contributed by atoms with E-state index in [-0.39, 0.29) is 5.92 Å². The molecule has 0 spiro atoms. The summed E-state index contributed by atoms with van der Waals surface area (Å²) in [5.41, 5.74) is 3.48. The highest BCUT2D eigenvalue weighted by atomic mass is 16.3. The van der Waals surface area contributed by atoms with E-state index in [0.717, 1.165) is 33.8 Å². The van der Waals surface area contributed by atoms with E-state index in [1.54, 1.807) is 0 Å². The van der Waals surface area contributed by atoms with Crippen LogP contribution in [0.4, 0.5) is 0 Å². The monoisotopic (exact) mass is 334 g/mol. The standard InChI is InChI=1S/C22H26N2O/c1-15(2)21-23-14-20(24(21)5)22(25,18-9-7-6-8-10-18)19-13-16(3)11-12-17(19)4/h6-15,25H,1-5H3/t22-/m0/s1. The summed E-state index contributed by atoms with van der Waals surface area (Å²) in [7, 11) is 1.98. The smallest absolute Gasteiger partial charge is 0.157 e. The van der Waals surface area contributed by atoms with Gasteiger partial charge in [-0.3, -0.25) is 0 Å². The maximum absolute atomic E-state index is 12.0. The van der Waals surface area contributed by atoms with Crippen molar-refractivity contribution in [1.82, 2.24) is 9.55 Å². The lowest BCUT2D eigenvalue weighted by Crippen LogP contribution is -2.32. The molecule has 0 saturated carbocycles. The zero-order valence-corrected chi connectivity index (χ0v) is 15.6. The lowest BCUT2D eigenvalue weighted by molar-refractivity contribution is 0.116. The fraction of sp³-hybridized carbons (Fsp3) is 0.318. The van der Waals surface area contributed by atoms with Gasteiger partial charge in [-0.2, -0.15) is 0 Å². The van der Waals surface area contributed by atoms with Gasteiger partial charge in [0.25, 0.3) is 0 Å². The Morgan fingerprint density at radius 1 is 1.04 bits per heavy atom. The third-order valence-electron chi connectivity index (χ3n) is 4.89. The number of hydrogen-bond donors (Lipinski definition) is 1. The second-order valence-corrected chi connectivity index (χ2v) is 7.11. The lowest BCUT2D eigenvalue weighted by atomic mass is 9.81. The number of aromatic nitrogens is 2. The molecule has 0 fully saturated rings. The van der Waals surface area contributed by atoms with Crippen LogP contribution >= 0.6 is 0 Å². The Hall–Kier alpha value is -2.39. The van der Waals surface area contributed by atoms with Crippen LogP contribution in [0.1, 0.15) is 53.5 Å². The van der Waals surface area contributed by atoms with Crippen LogP contribution in [0.25, 0.3) is 0 Å². The predicted molar refractivity (Wildman–Crippen MR) is 102 cm³/mol. The van der Waals surface area contributed by atoms with Crippen LogP contribution in [0.15, 0.2) is 54.7 Å². The van der Waals surface area contributed by atoms with E-state index in [1.807, 2.05) is 55.1 Å². The van der Waals surface area contributed by atoms with Crippen LogP contribution in [-0.4, -0.2) is 14.7 Å². The first-order chi connectivity index (χ1) is 11.9. The van der Waals surface area contributed by atoms with E-state index in [2.05, 4.69) is 44.0 Å². The molecule has 2 aromatic carbocycles. The highest BCUT2D eigenvalue weighted by molar-refractivity contribution is 5.49. The molecule has 1 aromatic heterocycles. The Morgan fingerprint density at radius 2 is 1.72 bits per heavy atom. The van der Waals surface area contributed by atoms with E-state index in [4.69, 9.17) is 0 Å². The first-order valence-corrected chi connectivity index (χ1v) is 8.73. The van der Waals surface area contributed by atoms with Crippen LogP contribution in [0.3, 0.4) is 0 Å². The fourth-order valence-electron chi connectivity index (χ4n) is 3.54. The molecule has 0 radical (unpaired) electrons. The molecule has 25 heavy (non-hydrogen) atoms. The minimum Gasteiger partial charge on any atom is -0.374 e. The topological polar surface area (TPSA) is 38.1 Å². The SMILES string of the molecule is Cc1ccc(C)c([C@@](O)(c2ccccc2)c2cnc(C(C)C)n2C)c1. The van der Waals surface area contributed by atoms with E-state index < -0.39 is 5.60 Å². The van der Waals surface area contributed by atoms with Gasteiger partial charge in [0.15, 0.2) is 5.60 Å². The molecule has 1 atom stereocenters. The van der Waals surface area contributed by atoms with Gasteiger partial charge in [-0.15, -0.1) is 0 Å². The van der Waals surface area contributed by atoms with Crippen LogP contribution in [0.2, 0.25) is 0 Å². The summed E-state index contributed by atoms with van der Waals surface area (Å²) in [5.74, 6) is 1.26. The van der Waals surface area contributed by atoms with Gasteiger partial charge in [-0.1, -0.05) is 67.9 Å². The fourth-order valence-corrected chi connectivity index (χ4v) is 3.54. The highest BCUT2D eigenvalue weighted by Gasteiger charge is 2.38. The zero-order chi connectivity index (χ0) is 18.2. The molecule has 0 aliphatic rings. The van der Waals surface area contributed by atoms with Gasteiger partial charge in [0, 0.05) is 13.0 Å². The van der Waals surface area contributed by atoms with Crippen molar-refractivity contribution in [3.8, 4) is 0 Å². The Kier molecular flexibility index (Phi) is 4.53. The Balaban J connectivity index is 2.33. The van der Waals surface area contributed by atoms with E-state index in [0.29, 0.717) is 0 Å². The molecule has 0 unspecified atom stereocenters. The molecule has 0 bridgehead atoms. The molecule has 1 heterocycles. The molecule has 3 aromatic rings. The maximum atomic E-state index is 12.0. The molecule has 0 amide bonds. The molecule has 3 nitrogen and oxygen atoms in total. The van der Waals surface area contributed by atoms with Gasteiger partial charge in [0.05, 0.1) is 11.9 Å². The van der Waals surface area contributed by atoms with Gasteiger partial charge in [-0.05, 0) is 30.5 Å². The zero-order valence-electron chi connectivity index (χ0n) is 15.6. The average molecular weight is 334 g/mol. The van der Waals surface area contributed by atoms with Crippen molar-refractivity contribution in [1.29, 1.82) is 0 Å². The van der Waals surface area contributed by atoms with Crippen LogP contribution in [-0.2, 0) is 12.6 Å². The number of aryl methyl sites for hydroxylation is 2. The van der Waals surface area contributed by atoms with E-state index >= 15 is 0 Å². The second-order valence-electron chi connectivity index (χ2n) is 7.11. The summed E-state index contributed by atoms with van der Waals surface area (Å²) in [6, 6.07) is 16.1. The van der Waals surface area contributed by atoms with Crippen molar-refractivity contribution in [3.63, 3.8) is 0 Å². The van der Waals surface area contributed by atoms with Gasteiger partial charge in [-0.25, -0.2) is 4.98 Å². The molecule has 130 valence electrons. The first kappa shape index (κ1) is 17.4. The van der Waals surface area contributed by atoms with Crippen molar-refractivity contribution in [2.75, 3.05) is 0 Å². The Labute approximate surface area is 150 Å². The summed E-state index contributed by atoms with van der Waals surface area (Å²) in [6.07, 6.45) is 1.81. The van der Waals surface area contributed by atoms with Crippen LogP contribution in [0, 0.1) is 13.8 Å². The first-order valence-electron chi connectivity index (χ1n) is 8.73. The van der Waals surface area contributed by atoms with Crippen molar-refractivity contribution < 1.29 is 5.11 Å². The third kappa shape index (κ3) is 2.89. The van der Waals surface area contributed by atoms with Crippen LogP contribution < -0.4 is 0 Å². The number of benzene rings is 2. The number of rotatable bonds is 4. The molecule has 0 aliphatic carbocycles. The second kappa shape index (κ2) is 6.49. The van der Waals surface area contributed by atoms with Gasteiger partial charge >= 0.3 is 0 Å². The maximum Gasteiger partial charge on any atom is 0.157 e. The summed E-state index contributed by atoms with van der Waals surface area (Å²) in [4.78, 5) is 4.59. The van der Waals surface area contributed by atoms with Crippen LogP contribution in [0.5, 0.6) is 0 Å². The Morgan fingerprint density at radius 3 is 2.32 bits per heavy atom. The highest BCUT2D eigenvalue weighted by Crippen LogP contribution is 2.39. The average Bonchev–Trinajstić information content (AvgIpc) is 2.99. The molecule has 0 aliphatic heterocycles. The number of imidazole rings is 1. The summed E-state index contributed by atoms with van der Waals surface area (Å²) < 4.78 is 2.03. The normalized spacial score (nSPS) is 13.9. The molecule has 3 rings (SSSR count). The predicted octanol–water partition coefficient (Wildman–Crippen LogP) is 4.44. The van der Waals surface area contributed by atoms with Crippen molar-refractivity contribution in [2.24, 2.45) is 7.05 Å². The molecular weight excluding hydrogens is 308 g/mol. The third-order valence-corrected chi connectivity index (χ3v) is 4.89. The number of hydrogen-bond acceptors (Lipinski definition) is 2. The van der Waals surface area contributed by atoms with Crippen molar-refractivity contribution in [2.45, 2.75) is 39.2 Å². The number of nitrogens with zero attached hydrogens (tertiary/aromatic N) is 2. The van der Waals surface area contributed by atoms with E-state index in [9.17, 15) is 5.11 Å². The minimum atomic E-state index is -1.24. The molecular formula is C22H26N2O. The minimum absolute atomic E-state index is 0.289. The van der Waals surface area contributed by atoms with Gasteiger partial charge in [0.1, 0.15) is 5.82 Å². The summed E-state index contributed by atoms with van der Waals surface area (Å²) >= 11 is 0. The summed E-state index contributed by atoms with van der Waals surface area (Å²) in [5, 5.41) is 12.0. The number of aliphatic hydroxyl groups is 1. The molecule has 3 heteroatoms. The molecule has 1 N–H and O–H groups in total. The van der Waals surface area contributed by atoms with Gasteiger partial charge in [0.2, 0.25) is 0 Å². The lowest BCUT2D eigenvalue weighted by Gasteiger charge is -2.32. The molecule has 0 saturated heterocycles. The Bertz CT molecular complexity index is 880. The largest absolute Gasteiger partial charge is 0.374 e. The summed E-state index contributed by atoms with van der Waals surface area (Å²) in [6.45, 7) is 8.33.